The molecule has 1 amide bonds. The van der Waals surface area contributed by atoms with Gasteiger partial charge in [0.1, 0.15) is 0 Å². The fraction of sp³-hybridized carbons (Fsp3) is 0.562. The zero-order valence-corrected chi connectivity index (χ0v) is 14.4. The summed E-state index contributed by atoms with van der Waals surface area (Å²) in [5.41, 5.74) is 1.82. The number of aryl methyl sites for hydroxylation is 1. The molecule has 0 radical (unpaired) electrons. The van der Waals surface area contributed by atoms with Crippen molar-refractivity contribution in [1.82, 2.24) is 15.1 Å². The molecule has 5 heteroatoms. The monoisotopic (exact) mass is 353 g/mol. The van der Waals surface area contributed by atoms with Crippen LogP contribution in [0.3, 0.4) is 0 Å². The zero-order valence-electron chi connectivity index (χ0n) is 12.9. The molecule has 0 saturated carbocycles. The van der Waals surface area contributed by atoms with E-state index in [0.29, 0.717) is 0 Å². The average Bonchev–Trinajstić information content (AvgIpc) is 2.48. The number of hydrogen-bond donors (Lipinski definition) is 1. The first-order chi connectivity index (χ1) is 10.1. The summed E-state index contributed by atoms with van der Waals surface area (Å²) in [5, 5.41) is 3.00. The van der Waals surface area contributed by atoms with Crippen LogP contribution in [0.5, 0.6) is 0 Å². The Morgan fingerprint density at radius 3 is 2.67 bits per heavy atom. The Labute approximate surface area is 135 Å². The summed E-state index contributed by atoms with van der Waals surface area (Å²) in [6, 6.07) is 5.70. The van der Waals surface area contributed by atoms with Crippen LogP contribution in [0.25, 0.3) is 0 Å². The molecule has 1 aromatic carbocycles. The van der Waals surface area contributed by atoms with E-state index in [1.807, 2.05) is 25.1 Å². The van der Waals surface area contributed by atoms with E-state index in [0.717, 1.165) is 61.3 Å². The highest BCUT2D eigenvalue weighted by Crippen LogP contribution is 2.16. The first kappa shape index (κ1) is 16.5. The summed E-state index contributed by atoms with van der Waals surface area (Å²) in [4.78, 5) is 16.9. The van der Waals surface area contributed by atoms with Crippen LogP contribution < -0.4 is 5.32 Å². The Bertz CT molecular complexity index is 484. The number of carbonyl (C=O) groups excluding carboxylic acids is 1. The van der Waals surface area contributed by atoms with Crippen molar-refractivity contribution in [2.24, 2.45) is 0 Å². The van der Waals surface area contributed by atoms with Gasteiger partial charge >= 0.3 is 0 Å². The number of amides is 1. The molecule has 0 unspecified atom stereocenters. The quantitative estimate of drug-likeness (QED) is 0.823. The van der Waals surface area contributed by atoms with Crippen molar-refractivity contribution in [3.8, 4) is 0 Å². The lowest BCUT2D eigenvalue weighted by Crippen LogP contribution is -2.45. The smallest absolute Gasteiger partial charge is 0.251 e. The molecule has 116 valence electrons. The Hall–Kier alpha value is -0.910. The maximum absolute atomic E-state index is 12.1. The fourth-order valence-corrected chi connectivity index (χ4v) is 2.71. The first-order valence-corrected chi connectivity index (χ1v) is 8.31. The molecule has 1 saturated heterocycles. The van der Waals surface area contributed by atoms with Gasteiger partial charge in [0.05, 0.1) is 0 Å². The number of piperazine rings is 1. The van der Waals surface area contributed by atoms with Gasteiger partial charge in [-0.2, -0.15) is 0 Å². The number of halogens is 1. The van der Waals surface area contributed by atoms with E-state index in [1.165, 1.54) is 0 Å². The van der Waals surface area contributed by atoms with E-state index < -0.39 is 0 Å². The summed E-state index contributed by atoms with van der Waals surface area (Å²) >= 11 is 3.45. The third kappa shape index (κ3) is 5.09. The molecule has 0 aliphatic carbocycles. The minimum atomic E-state index is 0.0176. The predicted octanol–water partition coefficient (Wildman–Crippen LogP) is 2.12. The third-order valence-electron chi connectivity index (χ3n) is 3.95. The van der Waals surface area contributed by atoms with Gasteiger partial charge in [0, 0.05) is 42.8 Å². The third-order valence-corrected chi connectivity index (χ3v) is 4.84. The number of likely N-dealkylation sites (N-methyl/N-ethyl adjacent to an activating group) is 1. The van der Waals surface area contributed by atoms with Gasteiger partial charge in [0.15, 0.2) is 0 Å². The lowest BCUT2D eigenvalue weighted by Gasteiger charge is -2.32. The van der Waals surface area contributed by atoms with Crippen LogP contribution in [-0.4, -0.2) is 62.0 Å². The van der Waals surface area contributed by atoms with E-state index in [4.69, 9.17) is 0 Å². The van der Waals surface area contributed by atoms with Crippen molar-refractivity contribution in [3.05, 3.63) is 33.8 Å². The number of hydrogen-bond acceptors (Lipinski definition) is 3. The maximum Gasteiger partial charge on any atom is 0.251 e. The SMILES string of the molecule is Cc1cc(C(=O)NCCCN2CCN(C)CC2)ccc1Br. The molecule has 1 aromatic rings. The van der Waals surface area contributed by atoms with Crippen molar-refractivity contribution in [2.45, 2.75) is 13.3 Å². The van der Waals surface area contributed by atoms with Crippen molar-refractivity contribution < 1.29 is 4.79 Å². The highest BCUT2D eigenvalue weighted by Gasteiger charge is 2.13. The lowest BCUT2D eigenvalue weighted by atomic mass is 10.1. The lowest BCUT2D eigenvalue weighted by molar-refractivity contribution is 0.0949. The number of rotatable bonds is 5. The molecule has 0 aromatic heterocycles. The van der Waals surface area contributed by atoms with Crippen LogP contribution in [0.1, 0.15) is 22.3 Å². The standard InChI is InChI=1S/C16H24BrN3O/c1-13-12-14(4-5-15(13)17)16(21)18-6-3-7-20-10-8-19(2)9-11-20/h4-5,12H,3,6-11H2,1-2H3,(H,18,21). The summed E-state index contributed by atoms with van der Waals surface area (Å²) in [6.07, 6.45) is 1.00. The largest absolute Gasteiger partial charge is 0.352 e. The Morgan fingerprint density at radius 1 is 1.29 bits per heavy atom. The van der Waals surface area contributed by atoms with E-state index >= 15 is 0 Å². The molecule has 0 bridgehead atoms. The highest BCUT2D eigenvalue weighted by molar-refractivity contribution is 9.10. The van der Waals surface area contributed by atoms with Gasteiger partial charge in [0.25, 0.3) is 5.91 Å². The molecule has 1 N–H and O–H groups in total. The van der Waals surface area contributed by atoms with Gasteiger partial charge in [-0.25, -0.2) is 0 Å². The number of benzene rings is 1. The molecule has 2 rings (SSSR count). The van der Waals surface area contributed by atoms with Gasteiger partial charge in [-0.3, -0.25) is 4.79 Å². The molecule has 1 aliphatic rings. The van der Waals surface area contributed by atoms with E-state index in [1.54, 1.807) is 0 Å². The number of nitrogens with one attached hydrogen (secondary N) is 1. The van der Waals surface area contributed by atoms with Gasteiger partial charge in [-0.15, -0.1) is 0 Å². The summed E-state index contributed by atoms with van der Waals surface area (Å²) in [7, 11) is 2.16. The van der Waals surface area contributed by atoms with Crippen LogP contribution in [0, 0.1) is 6.92 Å². The average molecular weight is 354 g/mol. The van der Waals surface area contributed by atoms with Gasteiger partial charge in [-0.1, -0.05) is 15.9 Å². The minimum absolute atomic E-state index is 0.0176. The molecule has 1 heterocycles. The topological polar surface area (TPSA) is 35.6 Å². The molecule has 1 fully saturated rings. The predicted molar refractivity (Wildman–Crippen MR) is 89.8 cm³/mol. The summed E-state index contributed by atoms with van der Waals surface area (Å²) in [5.74, 6) is 0.0176. The molecular formula is C16H24BrN3O. The molecule has 21 heavy (non-hydrogen) atoms. The second kappa shape index (κ2) is 7.92. The van der Waals surface area contributed by atoms with E-state index in [2.05, 4.69) is 38.1 Å². The van der Waals surface area contributed by atoms with E-state index in [-0.39, 0.29) is 5.91 Å². The van der Waals surface area contributed by atoms with Crippen molar-refractivity contribution in [3.63, 3.8) is 0 Å². The molecular weight excluding hydrogens is 330 g/mol. The van der Waals surface area contributed by atoms with Crippen LogP contribution in [0.15, 0.2) is 22.7 Å². The summed E-state index contributed by atoms with van der Waals surface area (Å²) < 4.78 is 1.04. The molecule has 1 aliphatic heterocycles. The zero-order chi connectivity index (χ0) is 15.2. The Kier molecular flexibility index (Phi) is 6.21. The van der Waals surface area contributed by atoms with Crippen molar-refractivity contribution in [1.29, 1.82) is 0 Å². The van der Waals surface area contributed by atoms with Crippen LogP contribution in [0.4, 0.5) is 0 Å². The van der Waals surface area contributed by atoms with Crippen molar-refractivity contribution in [2.75, 3.05) is 46.3 Å². The fourth-order valence-electron chi connectivity index (χ4n) is 2.46. The maximum atomic E-state index is 12.1. The van der Waals surface area contributed by atoms with E-state index in [9.17, 15) is 4.79 Å². The normalized spacial score (nSPS) is 16.9. The van der Waals surface area contributed by atoms with Crippen molar-refractivity contribution >= 4 is 21.8 Å². The van der Waals surface area contributed by atoms with Gasteiger partial charge in [0.2, 0.25) is 0 Å². The highest BCUT2D eigenvalue weighted by atomic mass is 79.9. The van der Waals surface area contributed by atoms with Gasteiger partial charge < -0.3 is 15.1 Å². The first-order valence-electron chi connectivity index (χ1n) is 7.51. The molecule has 0 spiro atoms. The summed E-state index contributed by atoms with van der Waals surface area (Å²) in [6.45, 7) is 8.35. The number of nitrogens with zero attached hydrogens (tertiary/aromatic N) is 2. The number of carbonyl (C=O) groups is 1. The van der Waals surface area contributed by atoms with Crippen LogP contribution in [0.2, 0.25) is 0 Å². The second-order valence-corrected chi connectivity index (χ2v) is 6.57. The van der Waals surface area contributed by atoms with Crippen LogP contribution in [-0.2, 0) is 0 Å². The minimum Gasteiger partial charge on any atom is -0.352 e. The second-order valence-electron chi connectivity index (χ2n) is 5.72. The van der Waals surface area contributed by atoms with Gasteiger partial charge in [-0.05, 0) is 50.7 Å². The Balaban J connectivity index is 1.68. The Morgan fingerprint density at radius 2 is 2.00 bits per heavy atom. The molecule has 0 atom stereocenters. The van der Waals surface area contributed by atoms with Crippen LogP contribution >= 0.6 is 15.9 Å². The molecule has 4 nitrogen and oxygen atoms in total.